The number of rotatable bonds is 4. The summed E-state index contributed by atoms with van der Waals surface area (Å²) >= 11 is 0. The lowest BCUT2D eigenvalue weighted by Crippen LogP contribution is -2.50. The zero-order valence-electron chi connectivity index (χ0n) is 13.5. The fourth-order valence-electron chi connectivity index (χ4n) is 3.05. The van der Waals surface area contributed by atoms with Crippen LogP contribution in [-0.4, -0.2) is 49.1 Å². The molecule has 0 aromatic carbocycles. The second-order valence-electron chi connectivity index (χ2n) is 6.55. The van der Waals surface area contributed by atoms with Crippen LogP contribution in [0.2, 0.25) is 0 Å². The van der Waals surface area contributed by atoms with Crippen molar-refractivity contribution in [1.29, 1.82) is 0 Å². The van der Waals surface area contributed by atoms with Gasteiger partial charge in [0.15, 0.2) is 0 Å². The SMILES string of the molecule is CN(C)c1cc(N2CCC[C@H](NC(=O)C3CCC3)C2)ncn1. The third-order valence-electron chi connectivity index (χ3n) is 4.66. The van der Waals surface area contributed by atoms with Crippen molar-refractivity contribution in [1.82, 2.24) is 15.3 Å². The maximum atomic E-state index is 12.1. The molecule has 22 heavy (non-hydrogen) atoms. The number of hydrogen-bond donors (Lipinski definition) is 1. The van der Waals surface area contributed by atoms with Crippen molar-refractivity contribution in [2.75, 3.05) is 37.0 Å². The van der Waals surface area contributed by atoms with Crippen LogP contribution in [0.3, 0.4) is 0 Å². The number of aromatic nitrogens is 2. The van der Waals surface area contributed by atoms with Crippen LogP contribution in [0.4, 0.5) is 11.6 Å². The van der Waals surface area contributed by atoms with Gasteiger partial charge in [0.25, 0.3) is 0 Å². The summed E-state index contributed by atoms with van der Waals surface area (Å²) in [5.74, 6) is 2.36. The predicted molar refractivity (Wildman–Crippen MR) is 87.1 cm³/mol. The molecule has 0 bridgehead atoms. The predicted octanol–water partition coefficient (Wildman–Crippen LogP) is 1.43. The van der Waals surface area contributed by atoms with E-state index in [0.717, 1.165) is 50.4 Å². The first-order valence-electron chi connectivity index (χ1n) is 8.18. The number of nitrogens with one attached hydrogen (secondary N) is 1. The van der Waals surface area contributed by atoms with Gasteiger partial charge in [-0.3, -0.25) is 4.79 Å². The van der Waals surface area contributed by atoms with Gasteiger partial charge in [0.2, 0.25) is 5.91 Å². The molecule has 2 heterocycles. The zero-order valence-corrected chi connectivity index (χ0v) is 13.5. The summed E-state index contributed by atoms with van der Waals surface area (Å²) in [6, 6.07) is 2.25. The van der Waals surface area contributed by atoms with Gasteiger partial charge in [0.05, 0.1) is 0 Å². The second kappa shape index (κ2) is 6.50. The Kier molecular flexibility index (Phi) is 4.45. The van der Waals surface area contributed by atoms with Crippen molar-refractivity contribution < 1.29 is 4.79 Å². The molecule has 1 saturated heterocycles. The van der Waals surface area contributed by atoms with Gasteiger partial charge in [-0.05, 0) is 25.7 Å². The first-order valence-corrected chi connectivity index (χ1v) is 8.18. The molecule has 1 amide bonds. The van der Waals surface area contributed by atoms with Crippen LogP contribution < -0.4 is 15.1 Å². The molecule has 2 aliphatic rings. The van der Waals surface area contributed by atoms with Crippen molar-refractivity contribution in [2.24, 2.45) is 5.92 Å². The van der Waals surface area contributed by atoms with Crippen molar-refractivity contribution >= 4 is 17.5 Å². The number of carbonyl (C=O) groups excluding carboxylic acids is 1. The van der Waals surface area contributed by atoms with E-state index in [1.807, 2.05) is 25.1 Å². The van der Waals surface area contributed by atoms with Gasteiger partial charge >= 0.3 is 0 Å². The van der Waals surface area contributed by atoms with Crippen LogP contribution in [-0.2, 0) is 4.79 Å². The van der Waals surface area contributed by atoms with Gasteiger partial charge in [-0.15, -0.1) is 0 Å². The number of amides is 1. The quantitative estimate of drug-likeness (QED) is 0.912. The van der Waals surface area contributed by atoms with E-state index in [0.29, 0.717) is 0 Å². The second-order valence-corrected chi connectivity index (χ2v) is 6.55. The minimum absolute atomic E-state index is 0.236. The summed E-state index contributed by atoms with van der Waals surface area (Å²) in [6.07, 6.45) is 7.06. The number of hydrogen-bond acceptors (Lipinski definition) is 5. The molecule has 3 rings (SSSR count). The van der Waals surface area contributed by atoms with Crippen molar-refractivity contribution in [3.8, 4) is 0 Å². The summed E-state index contributed by atoms with van der Waals surface area (Å²) in [5.41, 5.74) is 0. The third kappa shape index (κ3) is 3.31. The molecule has 1 aromatic heterocycles. The van der Waals surface area contributed by atoms with E-state index in [-0.39, 0.29) is 17.9 Å². The first kappa shape index (κ1) is 15.1. The number of anilines is 2. The highest BCUT2D eigenvalue weighted by molar-refractivity contribution is 5.79. The van der Waals surface area contributed by atoms with Gasteiger partial charge in [0, 0.05) is 45.2 Å². The lowest BCUT2D eigenvalue weighted by atomic mass is 9.84. The largest absolute Gasteiger partial charge is 0.363 e. The lowest BCUT2D eigenvalue weighted by molar-refractivity contribution is -0.128. The highest BCUT2D eigenvalue weighted by Crippen LogP contribution is 2.27. The van der Waals surface area contributed by atoms with Gasteiger partial charge in [0.1, 0.15) is 18.0 Å². The number of piperidine rings is 1. The van der Waals surface area contributed by atoms with Gasteiger partial charge in [-0.2, -0.15) is 0 Å². The summed E-state index contributed by atoms with van der Waals surface area (Å²) in [7, 11) is 3.95. The summed E-state index contributed by atoms with van der Waals surface area (Å²) < 4.78 is 0. The Morgan fingerprint density at radius 1 is 1.27 bits per heavy atom. The van der Waals surface area contributed by atoms with Crippen LogP contribution in [0.5, 0.6) is 0 Å². The molecular formula is C16H25N5O. The molecule has 1 aromatic rings. The number of nitrogens with zero attached hydrogens (tertiary/aromatic N) is 4. The molecule has 0 unspecified atom stereocenters. The Balaban J connectivity index is 1.62. The van der Waals surface area contributed by atoms with Gasteiger partial charge < -0.3 is 15.1 Å². The van der Waals surface area contributed by atoms with Gasteiger partial charge in [-0.1, -0.05) is 6.42 Å². The van der Waals surface area contributed by atoms with Crippen molar-refractivity contribution in [2.45, 2.75) is 38.1 Å². The third-order valence-corrected chi connectivity index (χ3v) is 4.66. The molecule has 120 valence electrons. The van der Waals surface area contributed by atoms with Crippen LogP contribution in [0.25, 0.3) is 0 Å². The highest BCUT2D eigenvalue weighted by Gasteiger charge is 2.29. The smallest absolute Gasteiger partial charge is 0.223 e. The van der Waals surface area contributed by atoms with E-state index in [1.54, 1.807) is 6.33 Å². The standard InChI is InChI=1S/C16H25N5O/c1-20(2)14-9-15(18-11-17-14)21-8-4-7-13(10-21)19-16(22)12-5-3-6-12/h9,11-13H,3-8,10H2,1-2H3,(H,19,22)/t13-/m0/s1. The maximum Gasteiger partial charge on any atom is 0.223 e. The van der Waals surface area contributed by atoms with Crippen LogP contribution in [0.1, 0.15) is 32.1 Å². The molecule has 2 fully saturated rings. The van der Waals surface area contributed by atoms with Crippen LogP contribution >= 0.6 is 0 Å². The topological polar surface area (TPSA) is 61.4 Å². The molecule has 1 N–H and O–H groups in total. The summed E-state index contributed by atoms with van der Waals surface area (Å²) in [6.45, 7) is 1.82. The maximum absolute atomic E-state index is 12.1. The Bertz CT molecular complexity index is 529. The van der Waals surface area contributed by atoms with E-state index >= 15 is 0 Å². The number of carbonyl (C=O) groups is 1. The fraction of sp³-hybridized carbons (Fsp3) is 0.688. The highest BCUT2D eigenvalue weighted by atomic mass is 16.2. The molecule has 1 aliphatic heterocycles. The van der Waals surface area contributed by atoms with Gasteiger partial charge in [-0.25, -0.2) is 9.97 Å². The van der Waals surface area contributed by atoms with E-state index in [9.17, 15) is 4.79 Å². The molecule has 0 radical (unpaired) electrons. The van der Waals surface area contributed by atoms with Crippen molar-refractivity contribution in [3.05, 3.63) is 12.4 Å². The Hall–Kier alpha value is -1.85. The summed E-state index contributed by atoms with van der Waals surface area (Å²) in [5, 5.41) is 3.22. The van der Waals surface area contributed by atoms with E-state index in [1.165, 1.54) is 6.42 Å². The van der Waals surface area contributed by atoms with Crippen LogP contribution in [0, 0.1) is 5.92 Å². The molecule has 0 spiro atoms. The van der Waals surface area contributed by atoms with E-state index in [4.69, 9.17) is 0 Å². The Morgan fingerprint density at radius 2 is 2.09 bits per heavy atom. The molecular weight excluding hydrogens is 278 g/mol. The normalized spacial score (nSPS) is 22.1. The van der Waals surface area contributed by atoms with Crippen LogP contribution in [0.15, 0.2) is 12.4 Å². The van der Waals surface area contributed by atoms with Crippen molar-refractivity contribution in [3.63, 3.8) is 0 Å². The molecule has 6 nitrogen and oxygen atoms in total. The fourth-order valence-corrected chi connectivity index (χ4v) is 3.05. The average molecular weight is 303 g/mol. The Morgan fingerprint density at radius 3 is 2.77 bits per heavy atom. The first-order chi connectivity index (χ1) is 10.6. The molecule has 1 aliphatic carbocycles. The minimum atomic E-state index is 0.236. The van der Waals surface area contributed by atoms with E-state index < -0.39 is 0 Å². The minimum Gasteiger partial charge on any atom is -0.363 e. The molecule has 1 saturated carbocycles. The van der Waals surface area contributed by atoms with E-state index in [2.05, 4.69) is 20.2 Å². The Labute approximate surface area is 131 Å². The monoisotopic (exact) mass is 303 g/mol. The zero-order chi connectivity index (χ0) is 15.5. The molecule has 1 atom stereocenters. The lowest BCUT2D eigenvalue weighted by Gasteiger charge is -2.35. The average Bonchev–Trinajstić information content (AvgIpc) is 2.45. The molecule has 6 heteroatoms. The summed E-state index contributed by atoms with van der Waals surface area (Å²) in [4.78, 5) is 25.0.